The third-order valence-corrected chi connectivity index (χ3v) is 3.44. The highest BCUT2D eigenvalue weighted by atomic mass is 16.5. The van der Waals surface area contributed by atoms with E-state index in [0.717, 1.165) is 38.4 Å². The summed E-state index contributed by atoms with van der Waals surface area (Å²) >= 11 is 0. The molecule has 5 nitrogen and oxygen atoms in total. The van der Waals surface area contributed by atoms with Crippen LogP contribution in [-0.4, -0.2) is 41.0 Å². The molecule has 1 saturated heterocycles. The molecule has 96 valence electrons. The predicted molar refractivity (Wildman–Crippen MR) is 65.7 cm³/mol. The monoisotopic (exact) mass is 238 g/mol. The van der Waals surface area contributed by atoms with Gasteiger partial charge in [0.2, 0.25) is 0 Å². The first-order chi connectivity index (χ1) is 8.40. The summed E-state index contributed by atoms with van der Waals surface area (Å²) in [5.74, 6) is 1.68. The highest BCUT2D eigenvalue weighted by Gasteiger charge is 2.23. The first-order valence-electron chi connectivity index (χ1n) is 6.55. The van der Waals surface area contributed by atoms with Crippen LogP contribution < -0.4 is 5.32 Å². The standard InChI is InChI=1S/C12H22N4O/c1-2-11(10-5-7-17-8-10)13-6-3-4-12-14-9-15-16-12/h9-11,13H,2-8H2,1H3,(H,14,15,16). The maximum Gasteiger partial charge on any atom is 0.137 e. The molecule has 0 amide bonds. The van der Waals surface area contributed by atoms with Crippen molar-refractivity contribution in [3.63, 3.8) is 0 Å². The Balaban J connectivity index is 1.62. The molecule has 2 rings (SSSR count). The van der Waals surface area contributed by atoms with Gasteiger partial charge in [-0.05, 0) is 31.7 Å². The Morgan fingerprint density at radius 1 is 1.65 bits per heavy atom. The normalized spacial score (nSPS) is 21.8. The summed E-state index contributed by atoms with van der Waals surface area (Å²) in [4.78, 5) is 4.12. The van der Waals surface area contributed by atoms with Gasteiger partial charge in [0.05, 0.1) is 6.61 Å². The van der Waals surface area contributed by atoms with Crippen LogP contribution in [0.2, 0.25) is 0 Å². The molecular formula is C12H22N4O. The number of aromatic nitrogens is 3. The third kappa shape index (κ3) is 3.78. The van der Waals surface area contributed by atoms with Gasteiger partial charge in [-0.1, -0.05) is 6.92 Å². The second-order valence-corrected chi connectivity index (χ2v) is 4.63. The molecule has 0 aromatic carbocycles. The summed E-state index contributed by atoms with van der Waals surface area (Å²) < 4.78 is 5.44. The van der Waals surface area contributed by atoms with E-state index in [4.69, 9.17) is 4.74 Å². The first-order valence-corrected chi connectivity index (χ1v) is 6.55. The number of H-pyrrole nitrogens is 1. The van der Waals surface area contributed by atoms with Crippen molar-refractivity contribution in [2.45, 2.75) is 38.6 Å². The lowest BCUT2D eigenvalue weighted by molar-refractivity contribution is 0.175. The minimum Gasteiger partial charge on any atom is -0.381 e. The molecule has 2 N–H and O–H groups in total. The number of hydrogen-bond acceptors (Lipinski definition) is 4. The van der Waals surface area contributed by atoms with Crippen LogP contribution in [0, 0.1) is 5.92 Å². The number of aryl methyl sites for hydroxylation is 1. The van der Waals surface area contributed by atoms with Gasteiger partial charge in [0.25, 0.3) is 0 Å². The van der Waals surface area contributed by atoms with Crippen molar-refractivity contribution in [2.75, 3.05) is 19.8 Å². The van der Waals surface area contributed by atoms with E-state index in [0.29, 0.717) is 12.0 Å². The van der Waals surface area contributed by atoms with Gasteiger partial charge in [0.15, 0.2) is 0 Å². The first kappa shape index (κ1) is 12.5. The van der Waals surface area contributed by atoms with E-state index in [1.165, 1.54) is 12.8 Å². The fourth-order valence-electron chi connectivity index (χ4n) is 2.41. The molecule has 1 aliphatic rings. The lowest BCUT2D eigenvalue weighted by Gasteiger charge is -2.22. The van der Waals surface area contributed by atoms with Crippen LogP contribution in [0.5, 0.6) is 0 Å². The van der Waals surface area contributed by atoms with E-state index in [1.807, 2.05) is 0 Å². The zero-order chi connectivity index (χ0) is 11.9. The van der Waals surface area contributed by atoms with Gasteiger partial charge in [-0.3, -0.25) is 5.10 Å². The maximum absolute atomic E-state index is 5.44. The summed E-state index contributed by atoms with van der Waals surface area (Å²) in [5, 5.41) is 10.4. The van der Waals surface area contributed by atoms with Crippen LogP contribution in [0.25, 0.3) is 0 Å². The SMILES string of the molecule is CCC(NCCCc1ncn[nH]1)C1CCOC1. The third-order valence-electron chi connectivity index (χ3n) is 3.44. The Labute approximate surface area is 102 Å². The van der Waals surface area contributed by atoms with Crippen LogP contribution in [-0.2, 0) is 11.2 Å². The second-order valence-electron chi connectivity index (χ2n) is 4.63. The lowest BCUT2D eigenvalue weighted by atomic mass is 9.97. The second kappa shape index (κ2) is 6.71. The minimum absolute atomic E-state index is 0.604. The molecule has 5 heteroatoms. The van der Waals surface area contributed by atoms with Gasteiger partial charge in [0, 0.05) is 19.1 Å². The number of rotatable bonds is 7. The molecular weight excluding hydrogens is 216 g/mol. The van der Waals surface area contributed by atoms with Crippen molar-refractivity contribution < 1.29 is 4.74 Å². The van der Waals surface area contributed by atoms with Gasteiger partial charge in [0.1, 0.15) is 12.2 Å². The van der Waals surface area contributed by atoms with E-state index in [1.54, 1.807) is 6.33 Å². The van der Waals surface area contributed by atoms with Gasteiger partial charge in [-0.15, -0.1) is 0 Å². The Morgan fingerprint density at radius 2 is 2.59 bits per heavy atom. The maximum atomic E-state index is 5.44. The van der Waals surface area contributed by atoms with E-state index in [9.17, 15) is 0 Å². The number of aromatic amines is 1. The Hall–Kier alpha value is -0.940. The van der Waals surface area contributed by atoms with E-state index in [-0.39, 0.29) is 0 Å². The Kier molecular flexibility index (Phi) is 4.94. The molecule has 1 aromatic rings. The summed E-state index contributed by atoms with van der Waals surface area (Å²) in [6.45, 7) is 5.14. The van der Waals surface area contributed by atoms with Crippen LogP contribution in [0.3, 0.4) is 0 Å². The average Bonchev–Trinajstić information content (AvgIpc) is 3.01. The summed E-state index contributed by atoms with van der Waals surface area (Å²) in [5.41, 5.74) is 0. The molecule has 0 aliphatic carbocycles. The predicted octanol–water partition coefficient (Wildman–Crippen LogP) is 1.14. The van der Waals surface area contributed by atoms with E-state index in [2.05, 4.69) is 27.4 Å². The minimum atomic E-state index is 0.604. The van der Waals surface area contributed by atoms with Crippen LogP contribution in [0.4, 0.5) is 0 Å². The largest absolute Gasteiger partial charge is 0.381 e. The van der Waals surface area contributed by atoms with Crippen molar-refractivity contribution in [2.24, 2.45) is 5.92 Å². The fraction of sp³-hybridized carbons (Fsp3) is 0.833. The molecule has 17 heavy (non-hydrogen) atoms. The molecule has 0 spiro atoms. The molecule has 0 bridgehead atoms. The highest BCUT2D eigenvalue weighted by molar-refractivity contribution is 4.81. The van der Waals surface area contributed by atoms with Gasteiger partial charge >= 0.3 is 0 Å². The van der Waals surface area contributed by atoms with Crippen molar-refractivity contribution in [1.82, 2.24) is 20.5 Å². The topological polar surface area (TPSA) is 62.8 Å². The molecule has 1 fully saturated rings. The number of ether oxygens (including phenoxy) is 1. The van der Waals surface area contributed by atoms with Gasteiger partial charge in [-0.25, -0.2) is 4.98 Å². The van der Waals surface area contributed by atoms with Crippen LogP contribution >= 0.6 is 0 Å². The number of nitrogens with zero attached hydrogens (tertiary/aromatic N) is 2. The average molecular weight is 238 g/mol. The lowest BCUT2D eigenvalue weighted by Crippen LogP contribution is -2.36. The van der Waals surface area contributed by atoms with Crippen molar-refractivity contribution in [1.29, 1.82) is 0 Å². The molecule has 2 heterocycles. The highest BCUT2D eigenvalue weighted by Crippen LogP contribution is 2.18. The van der Waals surface area contributed by atoms with Gasteiger partial charge in [-0.2, -0.15) is 5.10 Å². The Morgan fingerprint density at radius 3 is 3.24 bits per heavy atom. The van der Waals surface area contributed by atoms with Gasteiger partial charge < -0.3 is 10.1 Å². The van der Waals surface area contributed by atoms with Crippen molar-refractivity contribution in [3.8, 4) is 0 Å². The van der Waals surface area contributed by atoms with Crippen LogP contribution in [0.15, 0.2) is 6.33 Å². The molecule has 2 atom stereocenters. The number of hydrogen-bond donors (Lipinski definition) is 2. The molecule has 1 aliphatic heterocycles. The van der Waals surface area contributed by atoms with Crippen molar-refractivity contribution in [3.05, 3.63) is 12.2 Å². The quantitative estimate of drug-likeness (QED) is 0.699. The fourth-order valence-corrected chi connectivity index (χ4v) is 2.41. The summed E-state index contributed by atoms with van der Waals surface area (Å²) in [7, 11) is 0. The Bertz CT molecular complexity index is 295. The smallest absolute Gasteiger partial charge is 0.137 e. The van der Waals surface area contributed by atoms with E-state index >= 15 is 0 Å². The summed E-state index contributed by atoms with van der Waals surface area (Å²) in [6, 6.07) is 0.604. The summed E-state index contributed by atoms with van der Waals surface area (Å²) in [6.07, 6.45) is 6.00. The molecule has 0 saturated carbocycles. The van der Waals surface area contributed by atoms with E-state index < -0.39 is 0 Å². The molecule has 0 radical (unpaired) electrons. The zero-order valence-corrected chi connectivity index (χ0v) is 10.5. The molecule has 2 unspecified atom stereocenters. The number of nitrogens with one attached hydrogen (secondary N) is 2. The van der Waals surface area contributed by atoms with Crippen molar-refractivity contribution >= 4 is 0 Å². The zero-order valence-electron chi connectivity index (χ0n) is 10.5. The van der Waals surface area contributed by atoms with Crippen LogP contribution in [0.1, 0.15) is 32.0 Å². The molecule has 1 aromatic heterocycles.